The molecule has 0 saturated carbocycles. The number of ether oxygens (including phenoxy) is 2. The molecule has 0 bridgehead atoms. The minimum Gasteiger partial charge on any atom is -0.493 e. The summed E-state index contributed by atoms with van der Waals surface area (Å²) >= 11 is 0. The molecule has 0 spiro atoms. The lowest BCUT2D eigenvalue weighted by molar-refractivity contribution is 0.310. The summed E-state index contributed by atoms with van der Waals surface area (Å²) in [5.41, 5.74) is 1.02. The fraction of sp³-hybridized carbons (Fsp3) is 0.571. The van der Waals surface area contributed by atoms with Crippen LogP contribution in [0.1, 0.15) is 19.4 Å². The molecule has 1 aromatic rings. The van der Waals surface area contributed by atoms with Crippen LogP contribution < -0.4 is 14.8 Å². The van der Waals surface area contributed by atoms with Crippen molar-refractivity contribution >= 4 is 9.84 Å². The molecule has 1 N–H and O–H groups in total. The number of sulfone groups is 1. The van der Waals surface area contributed by atoms with Gasteiger partial charge in [0, 0.05) is 18.8 Å². The normalized spacial score (nSPS) is 13.0. The Balaban J connectivity index is 2.64. The molecule has 0 heterocycles. The van der Waals surface area contributed by atoms with Crippen LogP contribution in [-0.4, -0.2) is 40.2 Å². The van der Waals surface area contributed by atoms with Crippen LogP contribution in [0.15, 0.2) is 18.2 Å². The lowest BCUT2D eigenvalue weighted by Gasteiger charge is -2.14. The fourth-order valence-electron chi connectivity index (χ4n) is 1.90. The summed E-state index contributed by atoms with van der Waals surface area (Å²) in [5, 5.41) is 3.18. The van der Waals surface area contributed by atoms with Crippen LogP contribution in [0.25, 0.3) is 0 Å². The highest BCUT2D eigenvalue weighted by atomic mass is 32.2. The molecule has 0 aliphatic heterocycles. The second-order valence-corrected chi connectivity index (χ2v) is 6.98. The topological polar surface area (TPSA) is 64.6 Å². The molecule has 1 atom stereocenters. The maximum Gasteiger partial charge on any atom is 0.161 e. The Morgan fingerprint density at radius 3 is 2.55 bits per heavy atom. The van der Waals surface area contributed by atoms with Gasteiger partial charge in [0.1, 0.15) is 9.84 Å². The Morgan fingerprint density at radius 2 is 2.00 bits per heavy atom. The summed E-state index contributed by atoms with van der Waals surface area (Å²) in [6, 6.07) is 5.60. The van der Waals surface area contributed by atoms with Crippen LogP contribution in [-0.2, 0) is 16.4 Å². The highest BCUT2D eigenvalue weighted by Crippen LogP contribution is 2.27. The van der Waals surface area contributed by atoms with E-state index in [9.17, 15) is 8.42 Å². The van der Waals surface area contributed by atoms with Crippen LogP contribution in [0.3, 0.4) is 0 Å². The van der Waals surface area contributed by atoms with Crippen LogP contribution in [0.2, 0.25) is 0 Å². The van der Waals surface area contributed by atoms with Gasteiger partial charge in [0.15, 0.2) is 11.5 Å². The van der Waals surface area contributed by atoms with Gasteiger partial charge < -0.3 is 14.8 Å². The molecule has 0 fully saturated rings. The second kappa shape index (κ2) is 7.50. The smallest absolute Gasteiger partial charge is 0.161 e. The lowest BCUT2D eigenvalue weighted by atomic mass is 10.2. The Hall–Kier alpha value is -1.27. The van der Waals surface area contributed by atoms with E-state index in [1.54, 1.807) is 7.11 Å². The Morgan fingerprint density at radius 1 is 1.30 bits per heavy atom. The monoisotopic (exact) mass is 301 g/mol. The summed E-state index contributed by atoms with van der Waals surface area (Å²) in [6.45, 7) is 4.94. The Kier molecular flexibility index (Phi) is 6.29. The highest BCUT2D eigenvalue weighted by molar-refractivity contribution is 7.90. The maximum absolute atomic E-state index is 11.2. The van der Waals surface area contributed by atoms with Crippen molar-refractivity contribution in [3.8, 4) is 11.5 Å². The van der Waals surface area contributed by atoms with Crippen molar-refractivity contribution in [2.45, 2.75) is 26.4 Å². The number of rotatable bonds is 8. The quantitative estimate of drug-likeness (QED) is 0.790. The van der Waals surface area contributed by atoms with Gasteiger partial charge in [-0.1, -0.05) is 6.07 Å². The molecule has 1 aromatic carbocycles. The fourth-order valence-corrected chi connectivity index (χ4v) is 2.93. The number of hydrogen-bond acceptors (Lipinski definition) is 5. The first-order valence-corrected chi connectivity index (χ1v) is 8.62. The molecule has 0 aliphatic rings. The van der Waals surface area contributed by atoms with Gasteiger partial charge in [0.05, 0.1) is 19.5 Å². The van der Waals surface area contributed by atoms with Crippen molar-refractivity contribution in [2.24, 2.45) is 0 Å². The van der Waals surface area contributed by atoms with Gasteiger partial charge in [-0.15, -0.1) is 0 Å². The maximum atomic E-state index is 11.2. The Labute approximate surface area is 121 Å². The van der Waals surface area contributed by atoms with Crippen molar-refractivity contribution in [1.29, 1.82) is 0 Å². The van der Waals surface area contributed by atoms with E-state index in [1.165, 1.54) is 6.26 Å². The van der Waals surface area contributed by atoms with Crippen molar-refractivity contribution < 1.29 is 17.9 Å². The van der Waals surface area contributed by atoms with E-state index >= 15 is 0 Å². The highest BCUT2D eigenvalue weighted by Gasteiger charge is 2.11. The first-order chi connectivity index (χ1) is 9.35. The average molecular weight is 301 g/mol. The van der Waals surface area contributed by atoms with Gasteiger partial charge in [-0.25, -0.2) is 8.42 Å². The van der Waals surface area contributed by atoms with E-state index in [4.69, 9.17) is 9.47 Å². The summed E-state index contributed by atoms with van der Waals surface area (Å²) in [7, 11) is -1.36. The van der Waals surface area contributed by atoms with Gasteiger partial charge in [-0.2, -0.15) is 0 Å². The molecule has 0 aromatic heterocycles. The molecule has 0 radical (unpaired) electrons. The number of hydrogen-bond donors (Lipinski definition) is 1. The molecule has 1 rings (SSSR count). The summed E-state index contributed by atoms with van der Waals surface area (Å²) in [4.78, 5) is 0. The molecule has 0 aliphatic carbocycles. The zero-order valence-corrected chi connectivity index (χ0v) is 13.3. The lowest BCUT2D eigenvalue weighted by Crippen LogP contribution is -2.32. The third-order valence-corrected chi connectivity index (χ3v) is 3.84. The largest absolute Gasteiger partial charge is 0.493 e. The average Bonchev–Trinajstić information content (AvgIpc) is 2.36. The molecule has 1 unspecified atom stereocenters. The van der Waals surface area contributed by atoms with E-state index in [1.807, 2.05) is 32.0 Å². The van der Waals surface area contributed by atoms with Crippen molar-refractivity contribution in [2.75, 3.05) is 25.7 Å². The molecule has 0 saturated heterocycles. The number of benzene rings is 1. The molecule has 20 heavy (non-hydrogen) atoms. The van der Waals surface area contributed by atoms with E-state index < -0.39 is 9.84 Å². The van der Waals surface area contributed by atoms with Crippen LogP contribution >= 0.6 is 0 Å². The second-order valence-electron chi connectivity index (χ2n) is 4.79. The summed E-state index contributed by atoms with van der Waals surface area (Å²) in [5.74, 6) is 1.52. The van der Waals surface area contributed by atoms with E-state index in [-0.39, 0.29) is 11.8 Å². The first-order valence-electron chi connectivity index (χ1n) is 6.56. The van der Waals surface area contributed by atoms with Gasteiger partial charge in [-0.05, 0) is 31.5 Å². The predicted molar refractivity (Wildman–Crippen MR) is 80.2 cm³/mol. The third kappa shape index (κ3) is 5.79. The molecular formula is C14H23NO4S. The molecule has 5 nitrogen and oxygen atoms in total. The van der Waals surface area contributed by atoms with Crippen molar-refractivity contribution in [1.82, 2.24) is 5.32 Å². The van der Waals surface area contributed by atoms with Gasteiger partial charge in [0.25, 0.3) is 0 Å². The number of nitrogens with one attached hydrogen (secondary N) is 1. The summed E-state index contributed by atoms with van der Waals surface area (Å²) < 4.78 is 33.1. The minimum atomic E-state index is -2.96. The SMILES string of the molecule is CCOc1ccc(CNC(C)CS(C)(=O)=O)cc1OC. The van der Waals surface area contributed by atoms with Crippen molar-refractivity contribution in [3.63, 3.8) is 0 Å². The van der Waals surface area contributed by atoms with Gasteiger partial charge >= 0.3 is 0 Å². The minimum absolute atomic E-state index is 0.0948. The zero-order valence-electron chi connectivity index (χ0n) is 12.5. The first kappa shape index (κ1) is 16.8. The van der Waals surface area contributed by atoms with E-state index in [2.05, 4.69) is 5.32 Å². The van der Waals surface area contributed by atoms with E-state index in [0.29, 0.717) is 24.7 Å². The zero-order chi connectivity index (χ0) is 15.2. The predicted octanol–water partition coefficient (Wildman–Crippen LogP) is 1.62. The summed E-state index contributed by atoms with van der Waals surface area (Å²) in [6.07, 6.45) is 1.24. The van der Waals surface area contributed by atoms with Crippen LogP contribution in [0, 0.1) is 0 Å². The van der Waals surface area contributed by atoms with Crippen LogP contribution in [0.5, 0.6) is 11.5 Å². The standard InChI is InChI=1S/C14H23NO4S/c1-5-19-13-7-6-12(8-14(13)18-3)9-15-11(2)10-20(4,16)17/h6-8,11,15H,5,9-10H2,1-4H3. The molecule has 6 heteroatoms. The van der Waals surface area contributed by atoms with Crippen LogP contribution in [0.4, 0.5) is 0 Å². The molecular weight excluding hydrogens is 278 g/mol. The number of methoxy groups -OCH3 is 1. The van der Waals surface area contributed by atoms with E-state index in [0.717, 1.165) is 5.56 Å². The van der Waals surface area contributed by atoms with Gasteiger partial charge in [0.2, 0.25) is 0 Å². The molecule has 114 valence electrons. The van der Waals surface area contributed by atoms with Crippen molar-refractivity contribution in [3.05, 3.63) is 23.8 Å². The molecule has 0 amide bonds. The third-order valence-electron chi connectivity index (χ3n) is 2.74. The van der Waals surface area contributed by atoms with Gasteiger partial charge in [-0.3, -0.25) is 0 Å². The Bertz CT molecular complexity index is 528.